The Morgan fingerprint density at radius 2 is 2.21 bits per heavy atom. The van der Waals surface area contributed by atoms with Crippen LogP contribution in [-0.4, -0.2) is 37.3 Å². The summed E-state index contributed by atoms with van der Waals surface area (Å²) in [6.07, 6.45) is 7.97. The van der Waals surface area contributed by atoms with Crippen molar-refractivity contribution in [2.75, 3.05) is 0 Å². The summed E-state index contributed by atoms with van der Waals surface area (Å²) in [4.78, 5) is 28.2. The first-order valence-electron chi connectivity index (χ1n) is 8.01. The van der Waals surface area contributed by atoms with Crippen molar-refractivity contribution in [3.8, 4) is 5.69 Å². The third-order valence-electron chi connectivity index (χ3n) is 4.65. The molecule has 1 aliphatic rings. The zero-order valence-corrected chi connectivity index (χ0v) is 13.5. The molecule has 7 heteroatoms. The summed E-state index contributed by atoms with van der Waals surface area (Å²) in [5, 5.41) is 16.5. The molecule has 0 bridgehead atoms. The van der Waals surface area contributed by atoms with Crippen LogP contribution in [0.1, 0.15) is 43.1 Å². The fourth-order valence-corrected chi connectivity index (χ4v) is 3.31. The highest BCUT2D eigenvalue weighted by Crippen LogP contribution is 2.34. The fraction of sp³-hybridized carbons (Fsp3) is 0.412. The molecular formula is C17H20N4O3. The van der Waals surface area contributed by atoms with Crippen LogP contribution in [0.4, 0.5) is 0 Å². The second kappa shape index (κ2) is 6.43. The number of nitrogens with one attached hydrogen (secondary N) is 1. The Kier molecular flexibility index (Phi) is 4.33. The summed E-state index contributed by atoms with van der Waals surface area (Å²) in [5.74, 6) is -1.81. The lowest BCUT2D eigenvalue weighted by Gasteiger charge is -2.39. The third kappa shape index (κ3) is 3.15. The maximum absolute atomic E-state index is 12.6. The minimum atomic E-state index is -0.865. The molecule has 126 valence electrons. The predicted octanol–water partition coefficient (Wildman–Crippen LogP) is 2.03. The average molecular weight is 328 g/mol. The average Bonchev–Trinajstić information content (AvgIpc) is 3.09. The van der Waals surface area contributed by atoms with Gasteiger partial charge in [0.15, 0.2) is 0 Å². The van der Waals surface area contributed by atoms with E-state index >= 15 is 0 Å². The van der Waals surface area contributed by atoms with E-state index in [1.807, 2.05) is 0 Å². The Bertz CT molecular complexity index is 744. The topological polar surface area (TPSA) is 97.1 Å². The van der Waals surface area contributed by atoms with Crippen LogP contribution in [0.15, 0.2) is 36.8 Å². The van der Waals surface area contributed by atoms with Crippen molar-refractivity contribution in [1.29, 1.82) is 0 Å². The van der Waals surface area contributed by atoms with E-state index in [1.54, 1.807) is 48.4 Å². The van der Waals surface area contributed by atoms with Crippen molar-refractivity contribution >= 4 is 11.9 Å². The van der Waals surface area contributed by atoms with Gasteiger partial charge in [-0.3, -0.25) is 14.6 Å². The van der Waals surface area contributed by atoms with Crippen LogP contribution in [0.25, 0.3) is 5.69 Å². The fourth-order valence-electron chi connectivity index (χ4n) is 3.31. The number of aromatic nitrogens is 3. The lowest BCUT2D eigenvalue weighted by molar-refractivity contribution is -0.145. The number of nitrogens with zero attached hydrogens (tertiary/aromatic N) is 3. The van der Waals surface area contributed by atoms with Crippen molar-refractivity contribution in [2.24, 2.45) is 5.92 Å². The molecule has 2 N–H and O–H groups in total. The largest absolute Gasteiger partial charge is 0.481 e. The monoisotopic (exact) mass is 328 g/mol. The van der Waals surface area contributed by atoms with Gasteiger partial charge in [-0.05, 0) is 38.0 Å². The van der Waals surface area contributed by atoms with Crippen LogP contribution in [0.2, 0.25) is 0 Å². The third-order valence-corrected chi connectivity index (χ3v) is 4.65. The van der Waals surface area contributed by atoms with E-state index in [0.29, 0.717) is 12.8 Å². The number of pyridine rings is 1. The van der Waals surface area contributed by atoms with E-state index in [1.165, 1.54) is 0 Å². The molecular weight excluding hydrogens is 308 g/mol. The standard InChI is InChI=1S/C17H20N4O3/c1-17(7-3-2-5-13(17)16(23)24)20-15(22)14-11-12(6-9-18-14)21-10-4-8-19-21/h4,6,8-11,13H,2-3,5,7H2,1H3,(H,20,22)(H,23,24). The van der Waals surface area contributed by atoms with Crippen molar-refractivity contribution in [2.45, 2.75) is 38.1 Å². The smallest absolute Gasteiger partial charge is 0.308 e. The Morgan fingerprint density at radius 1 is 1.38 bits per heavy atom. The molecule has 0 spiro atoms. The molecule has 0 radical (unpaired) electrons. The van der Waals surface area contributed by atoms with E-state index in [2.05, 4.69) is 15.4 Å². The highest BCUT2D eigenvalue weighted by Gasteiger charge is 2.42. The van der Waals surface area contributed by atoms with E-state index in [9.17, 15) is 14.7 Å². The molecule has 1 aliphatic carbocycles. The number of carboxylic acid groups (broad SMARTS) is 1. The van der Waals surface area contributed by atoms with E-state index in [-0.39, 0.29) is 11.6 Å². The lowest BCUT2D eigenvalue weighted by atomic mass is 9.74. The van der Waals surface area contributed by atoms with Crippen molar-refractivity contribution in [3.05, 3.63) is 42.5 Å². The molecule has 0 saturated heterocycles. The van der Waals surface area contributed by atoms with Crippen LogP contribution in [0.3, 0.4) is 0 Å². The van der Waals surface area contributed by atoms with Crippen LogP contribution in [-0.2, 0) is 4.79 Å². The lowest BCUT2D eigenvalue weighted by Crippen LogP contribution is -2.55. The van der Waals surface area contributed by atoms with Gasteiger partial charge >= 0.3 is 5.97 Å². The van der Waals surface area contributed by atoms with Gasteiger partial charge in [0.25, 0.3) is 5.91 Å². The minimum absolute atomic E-state index is 0.249. The zero-order valence-electron chi connectivity index (χ0n) is 13.5. The highest BCUT2D eigenvalue weighted by atomic mass is 16.4. The number of hydrogen-bond donors (Lipinski definition) is 2. The van der Waals surface area contributed by atoms with E-state index < -0.39 is 17.4 Å². The quantitative estimate of drug-likeness (QED) is 0.895. The molecule has 3 rings (SSSR count). The van der Waals surface area contributed by atoms with E-state index in [4.69, 9.17) is 0 Å². The highest BCUT2D eigenvalue weighted by molar-refractivity contribution is 5.93. The van der Waals surface area contributed by atoms with Gasteiger partial charge in [-0.1, -0.05) is 12.8 Å². The molecule has 2 heterocycles. The van der Waals surface area contributed by atoms with Crippen molar-refractivity contribution in [3.63, 3.8) is 0 Å². The zero-order chi connectivity index (χ0) is 17.2. The van der Waals surface area contributed by atoms with Gasteiger partial charge in [0.1, 0.15) is 5.69 Å². The molecule has 7 nitrogen and oxygen atoms in total. The molecule has 2 aromatic heterocycles. The summed E-state index contributed by atoms with van der Waals surface area (Å²) < 4.78 is 1.64. The first-order valence-corrected chi connectivity index (χ1v) is 8.01. The number of rotatable bonds is 4. The Morgan fingerprint density at radius 3 is 2.92 bits per heavy atom. The second-order valence-corrected chi connectivity index (χ2v) is 6.36. The van der Waals surface area contributed by atoms with E-state index in [0.717, 1.165) is 18.5 Å². The number of carbonyl (C=O) groups excluding carboxylic acids is 1. The van der Waals surface area contributed by atoms with Gasteiger partial charge in [0, 0.05) is 18.6 Å². The van der Waals surface area contributed by atoms with Gasteiger partial charge in [0.2, 0.25) is 0 Å². The summed E-state index contributed by atoms with van der Waals surface area (Å²) in [7, 11) is 0. The summed E-state index contributed by atoms with van der Waals surface area (Å²) >= 11 is 0. The van der Waals surface area contributed by atoms with Gasteiger partial charge in [0.05, 0.1) is 17.1 Å². The SMILES string of the molecule is CC1(NC(=O)c2cc(-n3cccn3)ccn2)CCCCC1C(=O)O. The summed E-state index contributed by atoms with van der Waals surface area (Å²) in [6.45, 7) is 1.81. The summed E-state index contributed by atoms with van der Waals surface area (Å²) in [6, 6.07) is 5.19. The maximum atomic E-state index is 12.6. The molecule has 2 atom stereocenters. The first-order chi connectivity index (χ1) is 11.5. The van der Waals surface area contributed by atoms with Gasteiger partial charge in [-0.15, -0.1) is 0 Å². The molecule has 24 heavy (non-hydrogen) atoms. The number of aliphatic carboxylic acids is 1. The number of carbonyl (C=O) groups is 2. The molecule has 1 saturated carbocycles. The van der Waals surface area contributed by atoms with Gasteiger partial charge < -0.3 is 10.4 Å². The van der Waals surface area contributed by atoms with Crippen molar-refractivity contribution in [1.82, 2.24) is 20.1 Å². The molecule has 1 amide bonds. The first kappa shape index (κ1) is 16.2. The van der Waals surface area contributed by atoms with Crippen LogP contribution >= 0.6 is 0 Å². The Balaban J connectivity index is 1.82. The minimum Gasteiger partial charge on any atom is -0.481 e. The number of amides is 1. The van der Waals surface area contributed by atoms with Gasteiger partial charge in [-0.2, -0.15) is 5.10 Å². The number of hydrogen-bond acceptors (Lipinski definition) is 4. The Hall–Kier alpha value is -2.70. The van der Waals surface area contributed by atoms with Crippen LogP contribution in [0.5, 0.6) is 0 Å². The van der Waals surface area contributed by atoms with Crippen LogP contribution < -0.4 is 5.32 Å². The Labute approximate surface area is 139 Å². The summed E-state index contributed by atoms with van der Waals surface area (Å²) in [5.41, 5.74) is 0.215. The van der Waals surface area contributed by atoms with Gasteiger partial charge in [-0.25, -0.2) is 4.68 Å². The molecule has 2 aromatic rings. The van der Waals surface area contributed by atoms with Crippen molar-refractivity contribution < 1.29 is 14.7 Å². The number of carboxylic acids is 1. The predicted molar refractivity (Wildman–Crippen MR) is 86.8 cm³/mol. The maximum Gasteiger partial charge on any atom is 0.308 e. The second-order valence-electron chi connectivity index (χ2n) is 6.36. The van der Waals surface area contributed by atoms with Crippen LogP contribution in [0, 0.1) is 5.92 Å². The normalized spacial score (nSPS) is 23.6. The molecule has 0 aliphatic heterocycles. The molecule has 0 aromatic carbocycles. The molecule has 2 unspecified atom stereocenters. The molecule has 1 fully saturated rings.